The summed E-state index contributed by atoms with van der Waals surface area (Å²) in [6, 6.07) is 17.5. The molecule has 134 valence electrons. The van der Waals surface area contributed by atoms with Crippen LogP contribution in [0.1, 0.15) is 16.1 Å². The van der Waals surface area contributed by atoms with Crippen molar-refractivity contribution in [3.8, 4) is 0 Å². The zero-order chi connectivity index (χ0) is 19.0. The molecule has 0 fully saturated rings. The number of halogens is 1. The Hall–Kier alpha value is -2.96. The SMILES string of the molecule is O=C(c1ccncc1)c1cc2ccccc2n1S(=O)(=O)c1ccc(Cl)cc1. The van der Waals surface area contributed by atoms with Crippen molar-refractivity contribution in [1.82, 2.24) is 8.96 Å². The molecule has 2 aromatic heterocycles. The van der Waals surface area contributed by atoms with Gasteiger partial charge in [0, 0.05) is 28.4 Å². The molecule has 27 heavy (non-hydrogen) atoms. The van der Waals surface area contributed by atoms with E-state index in [1.165, 1.54) is 36.7 Å². The molecule has 0 spiro atoms. The van der Waals surface area contributed by atoms with Crippen molar-refractivity contribution in [2.24, 2.45) is 0 Å². The highest BCUT2D eigenvalue weighted by atomic mass is 35.5. The van der Waals surface area contributed by atoms with Gasteiger partial charge in [0.15, 0.2) is 0 Å². The van der Waals surface area contributed by atoms with Gasteiger partial charge in [-0.1, -0.05) is 29.8 Å². The Morgan fingerprint density at radius 2 is 1.59 bits per heavy atom. The van der Waals surface area contributed by atoms with Gasteiger partial charge in [-0.2, -0.15) is 0 Å². The fourth-order valence-electron chi connectivity index (χ4n) is 2.91. The maximum absolute atomic E-state index is 13.3. The molecule has 2 aromatic carbocycles. The lowest BCUT2D eigenvalue weighted by molar-refractivity contribution is 0.103. The lowest BCUT2D eigenvalue weighted by atomic mass is 10.1. The van der Waals surface area contributed by atoms with Gasteiger partial charge < -0.3 is 0 Å². The third-order valence-electron chi connectivity index (χ3n) is 4.19. The molecule has 0 radical (unpaired) electrons. The van der Waals surface area contributed by atoms with Crippen LogP contribution in [0.15, 0.2) is 84.0 Å². The van der Waals surface area contributed by atoms with Crippen LogP contribution in [0.5, 0.6) is 0 Å². The van der Waals surface area contributed by atoms with E-state index in [-0.39, 0.29) is 10.6 Å². The van der Waals surface area contributed by atoms with E-state index in [9.17, 15) is 13.2 Å². The van der Waals surface area contributed by atoms with E-state index >= 15 is 0 Å². The molecule has 0 bridgehead atoms. The summed E-state index contributed by atoms with van der Waals surface area (Å²) in [7, 11) is -4.00. The summed E-state index contributed by atoms with van der Waals surface area (Å²) in [6.45, 7) is 0. The van der Waals surface area contributed by atoms with Crippen LogP contribution in [0.3, 0.4) is 0 Å². The molecular formula is C20H13ClN2O3S. The van der Waals surface area contributed by atoms with E-state index in [0.717, 1.165) is 3.97 Å². The van der Waals surface area contributed by atoms with Crippen molar-refractivity contribution in [2.75, 3.05) is 0 Å². The lowest BCUT2D eigenvalue weighted by Gasteiger charge is -2.11. The molecule has 0 saturated carbocycles. The van der Waals surface area contributed by atoms with Gasteiger partial charge in [-0.05, 0) is 48.5 Å². The molecule has 0 amide bonds. The van der Waals surface area contributed by atoms with Crippen molar-refractivity contribution in [1.29, 1.82) is 0 Å². The van der Waals surface area contributed by atoms with Gasteiger partial charge in [-0.15, -0.1) is 0 Å². The second-order valence-electron chi connectivity index (χ2n) is 5.88. The Labute approximate surface area is 160 Å². The monoisotopic (exact) mass is 396 g/mol. The van der Waals surface area contributed by atoms with Crippen LogP contribution < -0.4 is 0 Å². The second-order valence-corrected chi connectivity index (χ2v) is 8.10. The van der Waals surface area contributed by atoms with Crippen LogP contribution in [0.2, 0.25) is 5.02 Å². The van der Waals surface area contributed by atoms with E-state index in [2.05, 4.69) is 4.98 Å². The third-order valence-corrected chi connectivity index (χ3v) is 6.19. The van der Waals surface area contributed by atoms with Crippen LogP contribution in [0.4, 0.5) is 0 Å². The quantitative estimate of drug-likeness (QED) is 0.486. The fraction of sp³-hybridized carbons (Fsp3) is 0. The first-order valence-electron chi connectivity index (χ1n) is 8.05. The predicted octanol–water partition coefficient (Wildman–Crippen LogP) is 4.16. The minimum Gasteiger partial charge on any atom is -0.287 e. The number of carbonyl (C=O) groups excluding carboxylic acids is 1. The summed E-state index contributed by atoms with van der Waals surface area (Å²) in [5.74, 6) is -0.397. The summed E-state index contributed by atoms with van der Waals surface area (Å²) < 4.78 is 27.8. The van der Waals surface area contributed by atoms with Gasteiger partial charge in [-0.3, -0.25) is 9.78 Å². The average molecular weight is 397 g/mol. The molecule has 0 saturated heterocycles. The summed E-state index contributed by atoms with van der Waals surface area (Å²) in [6.07, 6.45) is 2.99. The number of fused-ring (bicyclic) bond motifs is 1. The van der Waals surface area contributed by atoms with Crippen LogP contribution in [0.25, 0.3) is 10.9 Å². The molecule has 4 aromatic rings. The van der Waals surface area contributed by atoms with E-state index in [4.69, 9.17) is 11.6 Å². The first kappa shape index (κ1) is 17.5. The highest BCUT2D eigenvalue weighted by molar-refractivity contribution is 7.90. The number of hydrogen-bond donors (Lipinski definition) is 0. The van der Waals surface area contributed by atoms with E-state index in [0.29, 0.717) is 21.5 Å². The summed E-state index contributed by atoms with van der Waals surface area (Å²) in [5, 5.41) is 1.09. The highest BCUT2D eigenvalue weighted by Gasteiger charge is 2.26. The average Bonchev–Trinajstić information content (AvgIpc) is 3.09. The largest absolute Gasteiger partial charge is 0.287 e. The number of ketones is 1. The van der Waals surface area contributed by atoms with Crippen LogP contribution in [0, 0.1) is 0 Å². The highest BCUT2D eigenvalue weighted by Crippen LogP contribution is 2.28. The lowest BCUT2D eigenvalue weighted by Crippen LogP contribution is -2.19. The molecule has 7 heteroatoms. The standard InChI is InChI=1S/C20H13ClN2O3S/c21-16-5-7-17(8-6-16)27(25,26)23-18-4-2-1-3-15(18)13-19(23)20(24)14-9-11-22-12-10-14/h1-13H. The van der Waals surface area contributed by atoms with Crippen molar-refractivity contribution in [2.45, 2.75) is 4.90 Å². The number of rotatable bonds is 4. The minimum absolute atomic E-state index is 0.0528. The predicted molar refractivity (Wildman–Crippen MR) is 104 cm³/mol. The molecule has 0 atom stereocenters. The summed E-state index contributed by atoms with van der Waals surface area (Å²) >= 11 is 5.88. The van der Waals surface area contributed by atoms with Crippen molar-refractivity contribution >= 4 is 38.3 Å². The Kier molecular flexibility index (Phi) is 4.30. The van der Waals surface area contributed by atoms with Gasteiger partial charge in [0.25, 0.3) is 10.0 Å². The molecule has 4 rings (SSSR count). The molecule has 2 heterocycles. The van der Waals surface area contributed by atoms with Gasteiger partial charge in [-0.25, -0.2) is 12.4 Å². The molecular weight excluding hydrogens is 384 g/mol. The maximum Gasteiger partial charge on any atom is 0.268 e. The number of carbonyl (C=O) groups is 1. The van der Waals surface area contributed by atoms with Crippen molar-refractivity contribution < 1.29 is 13.2 Å². The minimum atomic E-state index is -4.00. The molecule has 0 aliphatic rings. The number of para-hydroxylation sites is 1. The van der Waals surface area contributed by atoms with Crippen LogP contribution >= 0.6 is 11.6 Å². The Morgan fingerprint density at radius 1 is 0.926 bits per heavy atom. The zero-order valence-corrected chi connectivity index (χ0v) is 15.5. The summed E-state index contributed by atoms with van der Waals surface area (Å²) in [4.78, 5) is 17.0. The van der Waals surface area contributed by atoms with Gasteiger partial charge in [0.1, 0.15) is 5.69 Å². The number of benzene rings is 2. The Bertz CT molecular complexity index is 1250. The fourth-order valence-corrected chi connectivity index (χ4v) is 4.55. The van der Waals surface area contributed by atoms with E-state index in [1.54, 1.807) is 42.5 Å². The number of aromatic nitrogens is 2. The smallest absolute Gasteiger partial charge is 0.268 e. The molecule has 0 N–H and O–H groups in total. The maximum atomic E-state index is 13.3. The number of pyridine rings is 1. The van der Waals surface area contributed by atoms with Gasteiger partial charge in [0.05, 0.1) is 10.4 Å². The van der Waals surface area contributed by atoms with E-state index < -0.39 is 15.8 Å². The van der Waals surface area contributed by atoms with Crippen molar-refractivity contribution in [3.05, 3.63) is 95.4 Å². The zero-order valence-electron chi connectivity index (χ0n) is 13.9. The second kappa shape index (κ2) is 6.64. The van der Waals surface area contributed by atoms with Crippen molar-refractivity contribution in [3.63, 3.8) is 0 Å². The first-order chi connectivity index (χ1) is 13.0. The van der Waals surface area contributed by atoms with Crippen LogP contribution in [-0.2, 0) is 10.0 Å². The molecule has 0 unspecified atom stereocenters. The van der Waals surface area contributed by atoms with Gasteiger partial charge in [0.2, 0.25) is 5.78 Å². The first-order valence-corrected chi connectivity index (χ1v) is 9.86. The van der Waals surface area contributed by atoms with E-state index in [1.807, 2.05) is 0 Å². The Morgan fingerprint density at radius 3 is 2.30 bits per heavy atom. The number of nitrogens with zero attached hydrogens (tertiary/aromatic N) is 2. The molecule has 0 aliphatic carbocycles. The third kappa shape index (κ3) is 3.03. The number of hydrogen-bond acceptors (Lipinski definition) is 4. The topological polar surface area (TPSA) is 69.0 Å². The van der Waals surface area contributed by atoms with Gasteiger partial charge >= 0.3 is 0 Å². The summed E-state index contributed by atoms with van der Waals surface area (Å²) in [5.41, 5.74) is 0.863. The van der Waals surface area contributed by atoms with Crippen LogP contribution in [-0.4, -0.2) is 23.2 Å². The normalized spacial score (nSPS) is 11.6. The Balaban J connectivity index is 1.99. The molecule has 0 aliphatic heterocycles. The molecule has 5 nitrogen and oxygen atoms in total.